The van der Waals surface area contributed by atoms with Crippen LogP contribution in [-0.2, 0) is 4.79 Å². The van der Waals surface area contributed by atoms with E-state index in [-0.39, 0.29) is 28.1 Å². The number of carbonyl (C=O) groups is 1. The number of carbonyl (C=O) groups excluding carboxylic acids is 1. The first-order valence-electron chi connectivity index (χ1n) is 8.58. The summed E-state index contributed by atoms with van der Waals surface area (Å²) in [5, 5.41) is 17.9. The van der Waals surface area contributed by atoms with Crippen LogP contribution in [0.4, 0.5) is 0 Å². The van der Waals surface area contributed by atoms with Crippen LogP contribution < -0.4 is 5.32 Å². The molecule has 0 radical (unpaired) electrons. The van der Waals surface area contributed by atoms with E-state index < -0.39 is 0 Å². The van der Waals surface area contributed by atoms with Gasteiger partial charge in [-0.3, -0.25) is 9.79 Å². The lowest BCUT2D eigenvalue weighted by Crippen LogP contribution is -2.60. The van der Waals surface area contributed by atoms with Crippen molar-refractivity contribution in [3.8, 4) is 0 Å². The largest absolute Gasteiger partial charge is 0.314 e. The highest BCUT2D eigenvalue weighted by Crippen LogP contribution is 2.57. The van der Waals surface area contributed by atoms with Gasteiger partial charge in [0.25, 0.3) is 5.91 Å². The number of H-pyrrole nitrogens is 1. The quantitative estimate of drug-likeness (QED) is 0.621. The number of β-lactam (4-membered cyclic amide) rings is 1. The highest BCUT2D eigenvalue weighted by atomic mass is 32.2. The number of thioether (sulfide) groups is 1. The Bertz CT molecular complexity index is 624. The normalized spacial score (nSPS) is 35.8. The molecule has 24 heavy (non-hydrogen) atoms. The summed E-state index contributed by atoms with van der Waals surface area (Å²) in [5.74, 6) is 0.647. The van der Waals surface area contributed by atoms with Crippen LogP contribution >= 0.6 is 11.8 Å². The van der Waals surface area contributed by atoms with Gasteiger partial charge in [0, 0.05) is 17.0 Å². The van der Waals surface area contributed by atoms with Gasteiger partial charge in [-0.2, -0.15) is 5.21 Å². The molecular formula is C15H23N7OS. The van der Waals surface area contributed by atoms with Crippen molar-refractivity contribution in [3.63, 3.8) is 0 Å². The summed E-state index contributed by atoms with van der Waals surface area (Å²) in [6.45, 7) is 5.28. The number of aliphatic imine (C=N–C) groups is 1. The first-order chi connectivity index (χ1) is 11.6. The van der Waals surface area contributed by atoms with Crippen molar-refractivity contribution in [3.05, 3.63) is 5.82 Å². The van der Waals surface area contributed by atoms with Gasteiger partial charge in [0.1, 0.15) is 11.4 Å². The first-order valence-corrected chi connectivity index (χ1v) is 9.46. The average Bonchev–Trinajstić information content (AvgIpc) is 3.04. The van der Waals surface area contributed by atoms with E-state index in [1.165, 1.54) is 19.3 Å². The Balaban J connectivity index is 1.48. The van der Waals surface area contributed by atoms with Gasteiger partial charge in [-0.15, -0.1) is 22.0 Å². The number of nitrogens with one attached hydrogen (secondary N) is 2. The van der Waals surface area contributed by atoms with Crippen molar-refractivity contribution in [2.24, 2.45) is 4.99 Å². The van der Waals surface area contributed by atoms with Crippen LogP contribution in [0.5, 0.6) is 0 Å². The standard InChI is InChI=1S/C15H23N7OS/c1-15(2)11(12-18-20-21-19-12)22-13(23)10(14(22)24-15)17-8-9-6-4-3-5-7-16-9/h8-11,14,16H,3-7H2,1-2H3,(H,18,19,20,21). The summed E-state index contributed by atoms with van der Waals surface area (Å²) in [6.07, 6.45) is 6.77. The molecule has 9 heteroatoms. The van der Waals surface area contributed by atoms with E-state index in [2.05, 4.69) is 44.8 Å². The molecule has 3 fully saturated rings. The Hall–Kier alpha value is -1.48. The van der Waals surface area contributed by atoms with E-state index in [1.54, 1.807) is 11.8 Å². The second-order valence-electron chi connectivity index (χ2n) is 7.18. The third-order valence-electron chi connectivity index (χ3n) is 5.04. The second-order valence-corrected chi connectivity index (χ2v) is 8.95. The van der Waals surface area contributed by atoms with Gasteiger partial charge in [0.05, 0.1) is 0 Å². The molecule has 0 saturated carbocycles. The maximum atomic E-state index is 12.7. The Morgan fingerprint density at radius 2 is 2.25 bits per heavy atom. The Labute approximate surface area is 145 Å². The van der Waals surface area contributed by atoms with Gasteiger partial charge in [-0.1, -0.05) is 18.1 Å². The summed E-state index contributed by atoms with van der Waals surface area (Å²) in [5.41, 5.74) is 0. The van der Waals surface area contributed by atoms with E-state index in [1.807, 2.05) is 11.1 Å². The third kappa shape index (κ3) is 2.63. The lowest BCUT2D eigenvalue weighted by atomic mass is 9.95. The van der Waals surface area contributed by atoms with Gasteiger partial charge < -0.3 is 10.2 Å². The molecule has 4 rings (SSSR count). The van der Waals surface area contributed by atoms with Crippen molar-refractivity contribution >= 4 is 23.9 Å². The third-order valence-corrected chi connectivity index (χ3v) is 6.60. The monoisotopic (exact) mass is 349 g/mol. The lowest BCUT2D eigenvalue weighted by Gasteiger charge is -2.42. The van der Waals surface area contributed by atoms with Crippen LogP contribution in [0.15, 0.2) is 4.99 Å². The van der Waals surface area contributed by atoms with Crippen molar-refractivity contribution in [1.82, 2.24) is 30.8 Å². The van der Waals surface area contributed by atoms with Gasteiger partial charge in [-0.25, -0.2) is 0 Å². The molecule has 0 aliphatic carbocycles. The maximum Gasteiger partial charge on any atom is 0.252 e. The van der Waals surface area contributed by atoms with Crippen LogP contribution in [0.1, 0.15) is 51.4 Å². The molecule has 3 aliphatic heterocycles. The smallest absolute Gasteiger partial charge is 0.252 e. The first kappa shape index (κ1) is 16.0. The summed E-state index contributed by atoms with van der Waals surface area (Å²) in [4.78, 5) is 19.2. The van der Waals surface area contributed by atoms with Gasteiger partial charge >= 0.3 is 0 Å². The number of aromatic nitrogens is 4. The maximum absolute atomic E-state index is 12.7. The number of nitrogens with zero attached hydrogens (tertiary/aromatic N) is 5. The zero-order valence-corrected chi connectivity index (χ0v) is 14.8. The number of tetrazole rings is 1. The number of hydrogen-bond acceptors (Lipinski definition) is 7. The molecule has 4 atom stereocenters. The highest BCUT2D eigenvalue weighted by Gasteiger charge is 2.63. The number of aromatic amines is 1. The fraction of sp³-hybridized carbons (Fsp3) is 0.800. The minimum Gasteiger partial charge on any atom is -0.314 e. The minimum atomic E-state index is -0.281. The molecule has 0 spiro atoms. The van der Waals surface area contributed by atoms with E-state index >= 15 is 0 Å². The van der Waals surface area contributed by atoms with Crippen molar-refractivity contribution < 1.29 is 4.79 Å². The summed E-state index contributed by atoms with van der Waals surface area (Å²) < 4.78 is -0.158. The molecule has 130 valence electrons. The Morgan fingerprint density at radius 3 is 3.04 bits per heavy atom. The summed E-state index contributed by atoms with van der Waals surface area (Å²) in [6, 6.07) is -0.140. The Kier molecular flexibility index (Phi) is 4.07. The van der Waals surface area contributed by atoms with Crippen LogP contribution in [0, 0.1) is 0 Å². The molecule has 1 aromatic rings. The molecule has 1 amide bonds. The molecule has 0 aromatic carbocycles. The van der Waals surface area contributed by atoms with Gasteiger partial charge in [-0.05, 0) is 33.2 Å². The summed E-state index contributed by atoms with van der Waals surface area (Å²) >= 11 is 1.78. The second kappa shape index (κ2) is 6.11. The van der Waals surface area contributed by atoms with E-state index in [0.29, 0.717) is 11.9 Å². The molecule has 2 N–H and O–H groups in total. The zero-order chi connectivity index (χ0) is 16.7. The highest BCUT2D eigenvalue weighted by molar-refractivity contribution is 8.01. The minimum absolute atomic E-state index is 0.0674. The topological polar surface area (TPSA) is 99.2 Å². The molecule has 8 nitrogen and oxygen atoms in total. The zero-order valence-electron chi connectivity index (χ0n) is 14.0. The fourth-order valence-corrected chi connectivity index (χ4v) is 5.44. The van der Waals surface area contributed by atoms with E-state index in [9.17, 15) is 4.79 Å². The van der Waals surface area contributed by atoms with Crippen LogP contribution in [-0.4, -0.2) is 66.4 Å². The lowest BCUT2D eigenvalue weighted by molar-refractivity contribution is -0.147. The predicted molar refractivity (Wildman–Crippen MR) is 91.8 cm³/mol. The van der Waals surface area contributed by atoms with E-state index in [0.717, 1.165) is 13.0 Å². The molecule has 3 saturated heterocycles. The Morgan fingerprint density at radius 1 is 1.38 bits per heavy atom. The van der Waals surface area contributed by atoms with Crippen LogP contribution in [0.25, 0.3) is 0 Å². The van der Waals surface area contributed by atoms with E-state index in [4.69, 9.17) is 0 Å². The average molecular weight is 349 g/mol. The van der Waals surface area contributed by atoms with Gasteiger partial charge in [0.2, 0.25) is 0 Å². The molecule has 3 aliphatic rings. The van der Waals surface area contributed by atoms with Crippen LogP contribution in [0.2, 0.25) is 0 Å². The number of amides is 1. The molecule has 4 unspecified atom stereocenters. The molecular weight excluding hydrogens is 326 g/mol. The molecule has 0 bridgehead atoms. The fourth-order valence-electron chi connectivity index (χ4n) is 3.81. The molecule has 4 heterocycles. The molecule has 1 aromatic heterocycles. The van der Waals surface area contributed by atoms with Gasteiger partial charge in [0.15, 0.2) is 11.9 Å². The van der Waals surface area contributed by atoms with Crippen molar-refractivity contribution in [2.45, 2.75) is 67.8 Å². The van der Waals surface area contributed by atoms with Crippen molar-refractivity contribution in [1.29, 1.82) is 0 Å². The number of hydrogen-bond donors (Lipinski definition) is 2. The van der Waals surface area contributed by atoms with Crippen LogP contribution in [0.3, 0.4) is 0 Å². The number of fused-ring (bicyclic) bond motifs is 1. The number of rotatable bonds is 3. The van der Waals surface area contributed by atoms with Crippen molar-refractivity contribution in [2.75, 3.05) is 6.54 Å². The summed E-state index contributed by atoms with van der Waals surface area (Å²) in [7, 11) is 0. The SMILES string of the molecule is CC1(C)SC2C(N=CC3CCCCCN3)C(=O)N2C1c1nn[nH]n1. The predicted octanol–water partition coefficient (Wildman–Crippen LogP) is 0.906.